The van der Waals surface area contributed by atoms with Crippen molar-refractivity contribution in [3.05, 3.63) is 23.3 Å². The van der Waals surface area contributed by atoms with Crippen molar-refractivity contribution in [1.29, 1.82) is 0 Å². The molecule has 0 radical (unpaired) electrons. The fraction of sp³-hybridized carbons (Fsp3) is 0.750. The van der Waals surface area contributed by atoms with Crippen molar-refractivity contribution < 1.29 is 9.90 Å². The van der Waals surface area contributed by atoms with Gasteiger partial charge in [-0.3, -0.25) is 4.79 Å². The third kappa shape index (κ3) is 4.10. The molecular formula is C20H34O2. The summed E-state index contributed by atoms with van der Waals surface area (Å²) in [5, 5.41) is 9.81. The maximum absolute atomic E-state index is 10.0. The van der Waals surface area contributed by atoms with E-state index in [2.05, 4.69) is 40.7 Å². The summed E-state index contributed by atoms with van der Waals surface area (Å²) in [5.41, 5.74) is 3.09. The maximum Gasteiger partial charge on any atom is 0.142 e. The summed E-state index contributed by atoms with van der Waals surface area (Å²) in [4.78, 5) is 10.0. The summed E-state index contributed by atoms with van der Waals surface area (Å²) in [6, 6.07) is 0. The molecule has 0 amide bonds. The number of aldehydes is 1. The van der Waals surface area contributed by atoms with Crippen molar-refractivity contribution in [3.8, 4) is 0 Å². The Morgan fingerprint density at radius 1 is 1.23 bits per heavy atom. The molecule has 0 aromatic heterocycles. The topological polar surface area (TPSA) is 37.3 Å². The summed E-state index contributed by atoms with van der Waals surface area (Å²) in [5.74, 6) is 0.780. The first-order valence-corrected chi connectivity index (χ1v) is 8.57. The second-order valence-corrected chi connectivity index (χ2v) is 8.10. The quantitative estimate of drug-likeness (QED) is 0.447. The largest absolute Gasteiger partial charge is 0.393 e. The average molecular weight is 306 g/mol. The molecule has 2 aliphatic carbocycles. The zero-order chi connectivity index (χ0) is 17.0. The summed E-state index contributed by atoms with van der Waals surface area (Å²) >= 11 is 0. The molecule has 0 saturated heterocycles. The van der Waals surface area contributed by atoms with Crippen LogP contribution in [0.15, 0.2) is 23.3 Å². The summed E-state index contributed by atoms with van der Waals surface area (Å²) in [6.07, 6.45) is 10.3. The van der Waals surface area contributed by atoms with Gasteiger partial charge >= 0.3 is 0 Å². The number of carbonyl (C=O) groups is 1. The van der Waals surface area contributed by atoms with Gasteiger partial charge in [0.2, 0.25) is 0 Å². The van der Waals surface area contributed by atoms with Gasteiger partial charge in [-0.2, -0.15) is 0 Å². The fourth-order valence-corrected chi connectivity index (χ4v) is 3.95. The van der Waals surface area contributed by atoms with Crippen molar-refractivity contribution in [1.82, 2.24) is 0 Å². The molecule has 0 spiro atoms. The Morgan fingerprint density at radius 2 is 1.86 bits per heavy atom. The third-order valence-electron chi connectivity index (χ3n) is 6.19. The number of hydrogen-bond donors (Lipinski definition) is 1. The lowest BCUT2D eigenvalue weighted by molar-refractivity contribution is -0.104. The average Bonchev–Trinajstić information content (AvgIpc) is 2.72. The molecule has 2 rings (SSSR count). The van der Waals surface area contributed by atoms with Gasteiger partial charge < -0.3 is 5.11 Å². The van der Waals surface area contributed by atoms with E-state index >= 15 is 0 Å². The molecule has 2 nitrogen and oxygen atoms in total. The number of allylic oxidation sites excluding steroid dienone is 4. The van der Waals surface area contributed by atoms with Crippen molar-refractivity contribution in [3.63, 3.8) is 0 Å². The minimum Gasteiger partial charge on any atom is -0.393 e. The molecule has 3 atom stereocenters. The number of hydrogen-bond acceptors (Lipinski definition) is 2. The molecule has 2 saturated carbocycles. The van der Waals surface area contributed by atoms with E-state index in [9.17, 15) is 9.90 Å². The first-order valence-electron chi connectivity index (χ1n) is 8.57. The molecule has 22 heavy (non-hydrogen) atoms. The molecular weight excluding hydrogens is 272 g/mol. The first kappa shape index (κ1) is 19.2. The highest BCUT2D eigenvalue weighted by Crippen LogP contribution is 2.65. The van der Waals surface area contributed by atoms with E-state index in [1.807, 2.05) is 6.92 Å². The van der Waals surface area contributed by atoms with E-state index in [4.69, 9.17) is 0 Å². The van der Waals surface area contributed by atoms with Gasteiger partial charge in [-0.15, -0.1) is 0 Å². The SMILES string of the molecule is CC(C)=CCCC(C)=CC=O.CC1(C)C2CCC1(C)C(O)C2. The minimum absolute atomic E-state index is 0.0313. The lowest BCUT2D eigenvalue weighted by atomic mass is 9.70. The Labute approximate surface area is 136 Å². The van der Waals surface area contributed by atoms with Crippen LogP contribution in [0.4, 0.5) is 0 Å². The Morgan fingerprint density at radius 3 is 2.18 bits per heavy atom. The van der Waals surface area contributed by atoms with Crippen LogP contribution >= 0.6 is 0 Å². The highest BCUT2D eigenvalue weighted by Gasteiger charge is 2.60. The lowest BCUT2D eigenvalue weighted by Crippen LogP contribution is -2.35. The van der Waals surface area contributed by atoms with Crippen molar-refractivity contribution >= 4 is 6.29 Å². The Balaban J connectivity index is 0.000000220. The molecule has 2 heteroatoms. The number of aliphatic hydroxyl groups excluding tert-OH is 1. The van der Waals surface area contributed by atoms with Crippen LogP contribution in [0.25, 0.3) is 0 Å². The normalized spacial score (nSPS) is 32.2. The zero-order valence-corrected chi connectivity index (χ0v) is 15.3. The van der Waals surface area contributed by atoms with Crippen LogP contribution in [0, 0.1) is 16.7 Å². The second kappa shape index (κ2) is 7.59. The predicted molar refractivity (Wildman–Crippen MR) is 93.7 cm³/mol. The highest BCUT2D eigenvalue weighted by atomic mass is 16.3. The molecule has 0 aromatic carbocycles. The van der Waals surface area contributed by atoms with Crippen LogP contribution in [0.1, 0.15) is 73.6 Å². The van der Waals surface area contributed by atoms with Crippen molar-refractivity contribution in [2.45, 2.75) is 79.8 Å². The van der Waals surface area contributed by atoms with Crippen LogP contribution in [-0.4, -0.2) is 17.5 Å². The van der Waals surface area contributed by atoms with Gasteiger partial charge in [0.25, 0.3) is 0 Å². The Hall–Kier alpha value is -0.890. The van der Waals surface area contributed by atoms with Crippen LogP contribution in [-0.2, 0) is 4.79 Å². The van der Waals surface area contributed by atoms with Gasteiger partial charge in [0.15, 0.2) is 0 Å². The van der Waals surface area contributed by atoms with E-state index in [0.717, 1.165) is 37.0 Å². The molecule has 2 fully saturated rings. The molecule has 2 aliphatic rings. The van der Waals surface area contributed by atoms with Crippen LogP contribution in [0.3, 0.4) is 0 Å². The van der Waals surface area contributed by atoms with E-state index in [0.29, 0.717) is 5.41 Å². The van der Waals surface area contributed by atoms with Crippen molar-refractivity contribution in [2.75, 3.05) is 0 Å². The fourth-order valence-electron chi connectivity index (χ4n) is 3.95. The molecule has 0 heterocycles. The lowest BCUT2D eigenvalue weighted by Gasteiger charge is -2.36. The predicted octanol–water partition coefficient (Wildman–Crippen LogP) is 5.07. The van der Waals surface area contributed by atoms with E-state index in [1.165, 1.54) is 18.4 Å². The van der Waals surface area contributed by atoms with Gasteiger partial charge in [-0.05, 0) is 75.7 Å². The highest BCUT2D eigenvalue weighted by molar-refractivity contribution is 5.65. The van der Waals surface area contributed by atoms with E-state index < -0.39 is 0 Å². The van der Waals surface area contributed by atoms with E-state index in [1.54, 1.807) is 6.08 Å². The van der Waals surface area contributed by atoms with Crippen LogP contribution < -0.4 is 0 Å². The molecule has 0 aliphatic heterocycles. The summed E-state index contributed by atoms with van der Waals surface area (Å²) in [6.45, 7) is 13.0. The van der Waals surface area contributed by atoms with Gasteiger partial charge in [0.05, 0.1) is 6.10 Å². The number of aliphatic hydroxyl groups is 1. The molecule has 1 N–H and O–H groups in total. The first-order chi connectivity index (χ1) is 10.1. The number of fused-ring (bicyclic) bond motifs is 2. The Kier molecular flexibility index (Phi) is 6.61. The monoisotopic (exact) mass is 306 g/mol. The standard InChI is InChI=1S/C10H18O.C10H16O/c1-9(2)7-4-5-10(9,3)8(11)6-7;1-9(2)5-4-6-10(3)7-8-11/h7-8,11H,4-6H2,1-3H3;5,7-8H,4,6H2,1-3H3. The van der Waals surface area contributed by atoms with Gasteiger partial charge in [-0.1, -0.05) is 38.0 Å². The minimum atomic E-state index is -0.0313. The zero-order valence-electron chi connectivity index (χ0n) is 15.3. The van der Waals surface area contributed by atoms with E-state index in [-0.39, 0.29) is 11.5 Å². The smallest absolute Gasteiger partial charge is 0.142 e. The second-order valence-electron chi connectivity index (χ2n) is 8.10. The van der Waals surface area contributed by atoms with Crippen molar-refractivity contribution in [2.24, 2.45) is 16.7 Å². The van der Waals surface area contributed by atoms with Crippen LogP contribution in [0.5, 0.6) is 0 Å². The number of rotatable bonds is 4. The van der Waals surface area contributed by atoms with Gasteiger partial charge in [0, 0.05) is 0 Å². The summed E-state index contributed by atoms with van der Waals surface area (Å²) < 4.78 is 0. The molecule has 3 unspecified atom stereocenters. The van der Waals surface area contributed by atoms with Gasteiger partial charge in [0.1, 0.15) is 6.29 Å². The summed E-state index contributed by atoms with van der Waals surface area (Å²) in [7, 11) is 0. The third-order valence-corrected chi connectivity index (χ3v) is 6.19. The van der Waals surface area contributed by atoms with Gasteiger partial charge in [-0.25, -0.2) is 0 Å². The van der Waals surface area contributed by atoms with Crippen LogP contribution in [0.2, 0.25) is 0 Å². The molecule has 0 aromatic rings. The maximum atomic E-state index is 10.0. The Bertz CT molecular complexity index is 441. The molecule has 126 valence electrons. The number of carbonyl (C=O) groups excluding carboxylic acids is 1. The molecule has 2 bridgehead atoms.